The van der Waals surface area contributed by atoms with Crippen molar-refractivity contribution in [3.63, 3.8) is 0 Å². The number of methoxy groups -OCH3 is 1. The van der Waals surface area contributed by atoms with Gasteiger partial charge in [-0.15, -0.1) is 0 Å². The van der Waals surface area contributed by atoms with Crippen molar-refractivity contribution in [2.45, 2.75) is 102 Å². The van der Waals surface area contributed by atoms with E-state index in [9.17, 15) is 23.8 Å². The van der Waals surface area contributed by atoms with E-state index in [2.05, 4.69) is 11.7 Å². The number of esters is 1. The zero-order valence-electron chi connectivity index (χ0n) is 18.1. The lowest BCUT2D eigenvalue weighted by molar-refractivity contribution is -0.140. The monoisotopic (exact) mass is 416 g/mol. The topological polar surface area (TPSA) is 66.8 Å². The first kappa shape index (κ1) is 24.3. The molecule has 29 heavy (non-hydrogen) atoms. The number of alkyl halides is 2. The van der Waals surface area contributed by atoms with Gasteiger partial charge in [-0.25, -0.2) is 8.78 Å². The third-order valence-corrected chi connectivity index (χ3v) is 7.13. The van der Waals surface area contributed by atoms with Crippen LogP contribution in [0.25, 0.3) is 0 Å². The molecular formula is C23H38F2O4. The van der Waals surface area contributed by atoms with Crippen LogP contribution in [0.3, 0.4) is 0 Å². The van der Waals surface area contributed by atoms with Crippen molar-refractivity contribution in [3.05, 3.63) is 12.2 Å². The second kappa shape index (κ2) is 9.86. The Kier molecular flexibility index (Phi) is 8.25. The third-order valence-electron chi connectivity index (χ3n) is 7.13. The molecule has 2 rings (SSSR count). The van der Waals surface area contributed by atoms with Crippen LogP contribution in [0.4, 0.5) is 8.78 Å². The van der Waals surface area contributed by atoms with Gasteiger partial charge >= 0.3 is 5.97 Å². The van der Waals surface area contributed by atoms with E-state index in [1.807, 2.05) is 12.2 Å². The Hall–Kier alpha value is -1.01. The second-order valence-corrected chi connectivity index (χ2v) is 9.25. The molecule has 0 aromatic heterocycles. The average Bonchev–Trinajstić information content (AvgIpc) is 2.95. The van der Waals surface area contributed by atoms with Crippen molar-refractivity contribution in [1.29, 1.82) is 0 Å². The summed E-state index contributed by atoms with van der Waals surface area (Å²) in [6.45, 7) is 3.84. The number of halogens is 2. The SMILES string of the molecule is CCCCCC(C)(O)CC[C@]12[C@@H](C/C=C\CCCC(=O)OC)[C@@H](O)C[C@H]1C2(F)F. The van der Waals surface area contributed by atoms with Gasteiger partial charge in [0, 0.05) is 23.7 Å². The molecule has 2 aliphatic rings. The molecule has 5 atom stereocenters. The normalized spacial score (nSPS) is 32.2. The quantitative estimate of drug-likeness (QED) is 0.251. The number of aliphatic hydroxyl groups is 2. The Labute approximate surface area is 173 Å². The van der Waals surface area contributed by atoms with Gasteiger partial charge in [-0.1, -0.05) is 38.3 Å². The van der Waals surface area contributed by atoms with Gasteiger partial charge < -0.3 is 14.9 Å². The highest BCUT2D eigenvalue weighted by molar-refractivity contribution is 5.69. The Balaban J connectivity index is 1.92. The summed E-state index contributed by atoms with van der Waals surface area (Å²) in [6.07, 6.45) is 9.47. The molecule has 0 heterocycles. The van der Waals surface area contributed by atoms with E-state index in [1.165, 1.54) is 7.11 Å². The molecule has 168 valence electrons. The lowest BCUT2D eigenvalue weighted by atomic mass is 9.78. The van der Waals surface area contributed by atoms with Gasteiger partial charge in [-0.05, 0) is 51.9 Å². The summed E-state index contributed by atoms with van der Waals surface area (Å²) in [5.74, 6) is -4.26. The fourth-order valence-corrected chi connectivity index (χ4v) is 5.25. The van der Waals surface area contributed by atoms with Crippen molar-refractivity contribution in [2.24, 2.45) is 17.3 Å². The molecule has 4 nitrogen and oxygen atoms in total. The highest BCUT2D eigenvalue weighted by Gasteiger charge is 2.85. The smallest absolute Gasteiger partial charge is 0.305 e. The van der Waals surface area contributed by atoms with Crippen molar-refractivity contribution in [1.82, 2.24) is 0 Å². The van der Waals surface area contributed by atoms with Crippen LogP contribution >= 0.6 is 0 Å². The van der Waals surface area contributed by atoms with E-state index >= 15 is 0 Å². The lowest BCUT2D eigenvalue weighted by Gasteiger charge is -2.31. The molecule has 0 aliphatic heterocycles. The largest absolute Gasteiger partial charge is 0.469 e. The van der Waals surface area contributed by atoms with Crippen LogP contribution in [0.5, 0.6) is 0 Å². The van der Waals surface area contributed by atoms with Crippen molar-refractivity contribution < 1.29 is 28.5 Å². The molecule has 0 amide bonds. The Morgan fingerprint density at radius 2 is 1.97 bits per heavy atom. The predicted molar refractivity (Wildman–Crippen MR) is 109 cm³/mol. The number of carbonyl (C=O) groups is 1. The van der Waals surface area contributed by atoms with Gasteiger partial charge in [0.1, 0.15) is 0 Å². The van der Waals surface area contributed by atoms with Gasteiger partial charge in [0.15, 0.2) is 0 Å². The van der Waals surface area contributed by atoms with Crippen LogP contribution < -0.4 is 0 Å². The molecule has 6 heteroatoms. The summed E-state index contributed by atoms with van der Waals surface area (Å²) >= 11 is 0. The number of ether oxygens (including phenoxy) is 1. The third kappa shape index (κ3) is 5.38. The fraction of sp³-hybridized carbons (Fsp3) is 0.870. The minimum absolute atomic E-state index is 0.145. The van der Waals surface area contributed by atoms with Gasteiger partial charge in [-0.2, -0.15) is 0 Å². The number of rotatable bonds is 13. The van der Waals surface area contributed by atoms with Crippen LogP contribution in [-0.2, 0) is 9.53 Å². The molecular weight excluding hydrogens is 378 g/mol. The first-order valence-electron chi connectivity index (χ1n) is 11.1. The maximum Gasteiger partial charge on any atom is 0.305 e. The molecule has 0 bridgehead atoms. The standard InChI is InChI=1S/C23H38F2O4/c1-4-5-10-13-21(2,28)14-15-22-17(18(26)16-19(22)23(22,24)25)11-8-6-7-9-12-20(27)29-3/h6,8,17-19,26,28H,4-5,7,9-16H2,1-3H3/b8-6-/t17-,18-,19+,21?,22-/m0/s1. The Bertz CT molecular complexity index is 575. The molecule has 0 saturated heterocycles. The zero-order valence-corrected chi connectivity index (χ0v) is 18.1. The van der Waals surface area contributed by atoms with E-state index in [0.29, 0.717) is 38.5 Å². The number of carbonyl (C=O) groups excluding carboxylic acids is 1. The molecule has 2 fully saturated rings. The number of unbranched alkanes of at least 4 members (excludes halogenated alkanes) is 3. The summed E-state index contributed by atoms with van der Waals surface area (Å²) in [5, 5.41) is 21.0. The molecule has 0 aromatic carbocycles. The Morgan fingerprint density at radius 3 is 2.62 bits per heavy atom. The highest BCUT2D eigenvalue weighted by Crippen LogP contribution is 2.78. The fourth-order valence-electron chi connectivity index (χ4n) is 5.25. The van der Waals surface area contributed by atoms with Gasteiger partial charge in [-0.3, -0.25) is 4.79 Å². The minimum atomic E-state index is -2.75. The maximum absolute atomic E-state index is 14.7. The number of hydrogen-bond acceptors (Lipinski definition) is 4. The molecule has 2 N–H and O–H groups in total. The Morgan fingerprint density at radius 1 is 1.24 bits per heavy atom. The van der Waals surface area contributed by atoms with Crippen LogP contribution in [0.15, 0.2) is 12.2 Å². The second-order valence-electron chi connectivity index (χ2n) is 9.25. The van der Waals surface area contributed by atoms with Crippen LogP contribution in [0.2, 0.25) is 0 Å². The first-order chi connectivity index (χ1) is 13.6. The summed E-state index contributed by atoms with van der Waals surface area (Å²) in [5.41, 5.74) is -2.12. The number of aliphatic hydroxyl groups excluding tert-OH is 1. The minimum Gasteiger partial charge on any atom is -0.469 e. The molecule has 2 saturated carbocycles. The van der Waals surface area contributed by atoms with Crippen LogP contribution in [0, 0.1) is 17.3 Å². The molecule has 1 unspecified atom stereocenters. The van der Waals surface area contributed by atoms with Gasteiger partial charge in [0.2, 0.25) is 0 Å². The summed E-state index contributed by atoms with van der Waals surface area (Å²) in [4.78, 5) is 11.1. The van der Waals surface area contributed by atoms with E-state index in [1.54, 1.807) is 6.92 Å². The lowest BCUT2D eigenvalue weighted by Crippen LogP contribution is -2.33. The first-order valence-corrected chi connectivity index (χ1v) is 11.1. The molecule has 0 radical (unpaired) electrons. The van der Waals surface area contributed by atoms with E-state index in [0.717, 1.165) is 19.3 Å². The predicted octanol–water partition coefficient (Wildman–Crippen LogP) is 5.02. The summed E-state index contributed by atoms with van der Waals surface area (Å²) < 4.78 is 34.0. The van der Waals surface area contributed by atoms with E-state index < -0.39 is 34.9 Å². The highest BCUT2D eigenvalue weighted by atomic mass is 19.3. The zero-order chi connectivity index (χ0) is 21.7. The maximum atomic E-state index is 14.7. The van der Waals surface area contributed by atoms with E-state index in [-0.39, 0.29) is 18.8 Å². The molecule has 0 spiro atoms. The van der Waals surface area contributed by atoms with Crippen molar-refractivity contribution in [3.8, 4) is 0 Å². The van der Waals surface area contributed by atoms with Crippen LogP contribution in [0.1, 0.15) is 84.5 Å². The van der Waals surface area contributed by atoms with Crippen molar-refractivity contribution >= 4 is 5.97 Å². The summed E-state index contributed by atoms with van der Waals surface area (Å²) in [7, 11) is 1.35. The van der Waals surface area contributed by atoms with Gasteiger partial charge in [0.05, 0.1) is 18.8 Å². The summed E-state index contributed by atoms with van der Waals surface area (Å²) in [6, 6.07) is 0. The van der Waals surface area contributed by atoms with Crippen LogP contribution in [-0.4, -0.2) is 40.9 Å². The van der Waals surface area contributed by atoms with E-state index in [4.69, 9.17) is 0 Å². The molecule has 2 aliphatic carbocycles. The van der Waals surface area contributed by atoms with Crippen molar-refractivity contribution in [2.75, 3.05) is 7.11 Å². The molecule has 0 aromatic rings. The number of allylic oxidation sites excluding steroid dienone is 2. The number of fused-ring (bicyclic) bond motifs is 1. The van der Waals surface area contributed by atoms with Gasteiger partial charge in [0.25, 0.3) is 5.92 Å². The number of hydrogen-bond donors (Lipinski definition) is 2. The average molecular weight is 417 g/mol.